The van der Waals surface area contributed by atoms with E-state index in [0.717, 1.165) is 17.7 Å². The summed E-state index contributed by atoms with van der Waals surface area (Å²) < 4.78 is 26.6. The van der Waals surface area contributed by atoms with E-state index < -0.39 is 10.0 Å². The summed E-state index contributed by atoms with van der Waals surface area (Å²) in [5, 5.41) is 3.26. The summed E-state index contributed by atoms with van der Waals surface area (Å²) in [7, 11) is -3.46. The Labute approximate surface area is 173 Å². The molecule has 0 radical (unpaired) electrons. The van der Waals surface area contributed by atoms with Gasteiger partial charge in [-0.15, -0.1) is 0 Å². The van der Waals surface area contributed by atoms with Crippen molar-refractivity contribution in [2.24, 2.45) is 0 Å². The SMILES string of the molecule is CCN(CC)S(=O)(=O)c1ccc([C@H](C)NCC(=O)N2CCc3ccccc32)cc1. The molecular formula is C22H29N3O3S. The number of carbonyl (C=O) groups is 1. The molecule has 0 aromatic heterocycles. The molecular weight excluding hydrogens is 386 g/mol. The Balaban J connectivity index is 1.62. The number of nitrogens with one attached hydrogen (secondary N) is 1. The molecule has 0 saturated carbocycles. The van der Waals surface area contributed by atoms with E-state index >= 15 is 0 Å². The Bertz CT molecular complexity index is 954. The van der Waals surface area contributed by atoms with Gasteiger partial charge in [0.25, 0.3) is 0 Å². The van der Waals surface area contributed by atoms with Crippen LogP contribution in [0.15, 0.2) is 53.4 Å². The quantitative estimate of drug-likeness (QED) is 0.720. The van der Waals surface area contributed by atoms with Gasteiger partial charge in [-0.1, -0.05) is 44.2 Å². The fourth-order valence-electron chi connectivity index (χ4n) is 3.69. The molecule has 0 fully saturated rings. The zero-order valence-electron chi connectivity index (χ0n) is 17.3. The fraction of sp³-hybridized carbons (Fsp3) is 0.409. The number of nitrogens with zero attached hydrogens (tertiary/aromatic N) is 2. The zero-order valence-corrected chi connectivity index (χ0v) is 18.1. The summed E-state index contributed by atoms with van der Waals surface area (Å²) in [4.78, 5) is 14.8. The first-order valence-electron chi connectivity index (χ1n) is 10.1. The van der Waals surface area contributed by atoms with Crippen LogP contribution in [0.4, 0.5) is 5.69 Å². The molecule has 0 aliphatic carbocycles. The van der Waals surface area contributed by atoms with Crippen molar-refractivity contribution in [1.82, 2.24) is 9.62 Å². The van der Waals surface area contributed by atoms with Gasteiger partial charge in [0.2, 0.25) is 15.9 Å². The van der Waals surface area contributed by atoms with Gasteiger partial charge in [-0.25, -0.2) is 8.42 Å². The Morgan fingerprint density at radius 2 is 1.76 bits per heavy atom. The molecule has 6 nitrogen and oxygen atoms in total. The molecule has 2 aromatic carbocycles. The third kappa shape index (κ3) is 4.52. The molecule has 0 spiro atoms. The van der Waals surface area contributed by atoms with Gasteiger partial charge in [-0.3, -0.25) is 4.79 Å². The summed E-state index contributed by atoms with van der Waals surface area (Å²) in [6.45, 7) is 7.47. The standard InChI is InChI=1S/C22H29N3O3S/c1-4-24(5-2)29(27,28)20-12-10-18(11-13-20)17(3)23-16-22(26)25-15-14-19-8-6-7-9-21(19)25/h6-13,17,23H,4-5,14-16H2,1-3H3/t17-/m0/s1. The topological polar surface area (TPSA) is 69.7 Å². The Morgan fingerprint density at radius 1 is 1.10 bits per heavy atom. The van der Waals surface area contributed by atoms with E-state index in [2.05, 4.69) is 11.4 Å². The zero-order chi connectivity index (χ0) is 21.0. The number of hydrogen-bond acceptors (Lipinski definition) is 4. The average molecular weight is 416 g/mol. The molecule has 1 heterocycles. The maximum Gasteiger partial charge on any atom is 0.243 e. The molecule has 1 aliphatic heterocycles. The normalized spacial score (nSPS) is 14.8. The summed E-state index contributed by atoms with van der Waals surface area (Å²) in [6, 6.07) is 14.8. The lowest BCUT2D eigenvalue weighted by Crippen LogP contribution is -2.38. The highest BCUT2D eigenvalue weighted by Crippen LogP contribution is 2.27. The molecule has 0 saturated heterocycles. The highest BCUT2D eigenvalue weighted by Gasteiger charge is 2.24. The fourth-order valence-corrected chi connectivity index (χ4v) is 5.15. The number of sulfonamides is 1. The van der Waals surface area contributed by atoms with Crippen LogP contribution < -0.4 is 10.2 Å². The summed E-state index contributed by atoms with van der Waals surface area (Å²) in [5.41, 5.74) is 3.15. The second kappa shape index (κ2) is 9.07. The van der Waals surface area contributed by atoms with Crippen LogP contribution in [-0.2, 0) is 21.2 Å². The smallest absolute Gasteiger partial charge is 0.243 e. The lowest BCUT2D eigenvalue weighted by Gasteiger charge is -2.21. The summed E-state index contributed by atoms with van der Waals surface area (Å²) in [5.74, 6) is 0.0440. The van der Waals surface area contributed by atoms with Crippen LogP contribution in [0.5, 0.6) is 0 Å². The number of amides is 1. The molecule has 156 valence electrons. The van der Waals surface area contributed by atoms with Crippen LogP contribution in [0.25, 0.3) is 0 Å². The van der Waals surface area contributed by atoms with Gasteiger partial charge >= 0.3 is 0 Å². The van der Waals surface area contributed by atoms with Gasteiger partial charge < -0.3 is 10.2 Å². The number of fused-ring (bicyclic) bond motifs is 1. The number of anilines is 1. The summed E-state index contributed by atoms with van der Waals surface area (Å²) >= 11 is 0. The van der Waals surface area contributed by atoms with Crippen molar-refractivity contribution in [2.45, 2.75) is 38.1 Å². The minimum absolute atomic E-state index is 0.0440. The number of para-hydroxylation sites is 1. The Kier molecular flexibility index (Phi) is 6.72. The van der Waals surface area contributed by atoms with Crippen LogP contribution in [0.3, 0.4) is 0 Å². The third-order valence-corrected chi connectivity index (χ3v) is 7.54. The summed E-state index contributed by atoms with van der Waals surface area (Å²) in [6.07, 6.45) is 0.889. The average Bonchev–Trinajstić information content (AvgIpc) is 3.17. The predicted molar refractivity (Wildman–Crippen MR) is 115 cm³/mol. The van der Waals surface area contributed by atoms with Crippen LogP contribution >= 0.6 is 0 Å². The van der Waals surface area contributed by atoms with Crippen molar-refractivity contribution in [3.63, 3.8) is 0 Å². The number of hydrogen-bond donors (Lipinski definition) is 1. The van der Waals surface area contributed by atoms with E-state index in [1.165, 1.54) is 9.87 Å². The number of rotatable bonds is 8. The molecule has 3 rings (SSSR count). The molecule has 1 N–H and O–H groups in total. The van der Waals surface area contributed by atoms with E-state index in [9.17, 15) is 13.2 Å². The monoisotopic (exact) mass is 415 g/mol. The lowest BCUT2D eigenvalue weighted by molar-refractivity contribution is -0.117. The van der Waals surface area contributed by atoms with E-state index in [4.69, 9.17) is 0 Å². The van der Waals surface area contributed by atoms with E-state index in [1.807, 2.05) is 56.0 Å². The van der Waals surface area contributed by atoms with Gasteiger partial charge in [-0.2, -0.15) is 4.31 Å². The molecule has 29 heavy (non-hydrogen) atoms. The number of carbonyl (C=O) groups excluding carboxylic acids is 1. The molecule has 0 bridgehead atoms. The van der Waals surface area contributed by atoms with Crippen molar-refractivity contribution >= 4 is 21.6 Å². The second-order valence-corrected chi connectivity index (χ2v) is 9.12. The van der Waals surface area contributed by atoms with Crippen LogP contribution in [0, 0.1) is 0 Å². The van der Waals surface area contributed by atoms with Gasteiger partial charge in [-0.05, 0) is 42.7 Å². The van der Waals surface area contributed by atoms with Crippen molar-refractivity contribution in [3.05, 3.63) is 59.7 Å². The molecule has 0 unspecified atom stereocenters. The van der Waals surface area contributed by atoms with Crippen LogP contribution in [-0.4, -0.2) is 44.8 Å². The van der Waals surface area contributed by atoms with E-state index in [0.29, 0.717) is 24.5 Å². The van der Waals surface area contributed by atoms with Gasteiger partial charge in [0.1, 0.15) is 0 Å². The highest BCUT2D eigenvalue weighted by atomic mass is 32.2. The first-order chi connectivity index (χ1) is 13.9. The van der Waals surface area contributed by atoms with Gasteiger partial charge in [0.15, 0.2) is 0 Å². The van der Waals surface area contributed by atoms with Crippen molar-refractivity contribution in [1.29, 1.82) is 0 Å². The van der Waals surface area contributed by atoms with Crippen LogP contribution in [0.2, 0.25) is 0 Å². The maximum absolute atomic E-state index is 12.6. The molecule has 1 atom stereocenters. The van der Waals surface area contributed by atoms with Crippen molar-refractivity contribution in [3.8, 4) is 0 Å². The Morgan fingerprint density at radius 3 is 2.41 bits per heavy atom. The molecule has 1 amide bonds. The largest absolute Gasteiger partial charge is 0.311 e. The van der Waals surface area contributed by atoms with Crippen molar-refractivity contribution < 1.29 is 13.2 Å². The minimum Gasteiger partial charge on any atom is -0.311 e. The van der Waals surface area contributed by atoms with E-state index in [-0.39, 0.29) is 18.5 Å². The maximum atomic E-state index is 12.6. The molecule has 2 aromatic rings. The number of benzene rings is 2. The van der Waals surface area contributed by atoms with Gasteiger partial charge in [0, 0.05) is 31.4 Å². The third-order valence-electron chi connectivity index (χ3n) is 5.47. The van der Waals surface area contributed by atoms with E-state index in [1.54, 1.807) is 12.1 Å². The lowest BCUT2D eigenvalue weighted by atomic mass is 10.1. The second-order valence-electron chi connectivity index (χ2n) is 7.19. The van der Waals surface area contributed by atoms with Crippen LogP contribution in [0.1, 0.15) is 37.9 Å². The van der Waals surface area contributed by atoms with Gasteiger partial charge in [0.05, 0.1) is 11.4 Å². The predicted octanol–water partition coefficient (Wildman–Crippen LogP) is 2.96. The van der Waals surface area contributed by atoms with Crippen molar-refractivity contribution in [2.75, 3.05) is 31.1 Å². The highest BCUT2D eigenvalue weighted by molar-refractivity contribution is 7.89. The molecule has 7 heteroatoms. The Hall–Kier alpha value is -2.22. The molecule has 1 aliphatic rings. The minimum atomic E-state index is -3.46. The first-order valence-corrected chi connectivity index (χ1v) is 11.5. The first kappa shape index (κ1) is 21.5.